The lowest BCUT2D eigenvalue weighted by Gasteiger charge is -2.33. The second-order valence-corrected chi connectivity index (χ2v) is 6.96. The summed E-state index contributed by atoms with van der Waals surface area (Å²) in [5.41, 5.74) is 2.39. The molecule has 3 nitrogen and oxygen atoms in total. The molecular formula is C21H22ClN2O+. The molecule has 1 aliphatic rings. The van der Waals surface area contributed by atoms with Crippen LogP contribution in [0, 0.1) is 0 Å². The fraction of sp³-hybridized carbons (Fsp3) is 0.238. The molecule has 0 spiro atoms. The largest absolute Gasteiger partial charge is 0.455 e. The van der Waals surface area contributed by atoms with Crippen LogP contribution in [0.2, 0.25) is 5.02 Å². The van der Waals surface area contributed by atoms with Gasteiger partial charge in [-0.3, -0.25) is 0 Å². The SMILES string of the molecule is Clc1ccc(-c2ccc(C[NH+]3CCN(c4ccccc4)CC3)o2)cc1. The molecule has 0 radical (unpaired) electrons. The van der Waals surface area contributed by atoms with Crippen LogP contribution in [0.3, 0.4) is 0 Å². The lowest BCUT2D eigenvalue weighted by atomic mass is 10.2. The number of hydrogen-bond donors (Lipinski definition) is 1. The third-order valence-electron chi connectivity index (χ3n) is 4.81. The molecular weight excluding hydrogens is 332 g/mol. The minimum Gasteiger partial charge on any atom is -0.455 e. The first-order valence-corrected chi connectivity index (χ1v) is 9.14. The maximum atomic E-state index is 6.05. The fourth-order valence-corrected chi connectivity index (χ4v) is 3.51. The first-order valence-electron chi connectivity index (χ1n) is 8.76. The van der Waals surface area contributed by atoms with Gasteiger partial charge in [-0.1, -0.05) is 29.8 Å². The average Bonchev–Trinajstić information content (AvgIpc) is 3.12. The van der Waals surface area contributed by atoms with E-state index in [4.69, 9.17) is 16.0 Å². The predicted octanol–water partition coefficient (Wildman–Crippen LogP) is 3.51. The Hall–Kier alpha value is -2.23. The number of quaternary nitrogens is 1. The lowest BCUT2D eigenvalue weighted by molar-refractivity contribution is -0.915. The highest BCUT2D eigenvalue weighted by Crippen LogP contribution is 2.23. The van der Waals surface area contributed by atoms with Gasteiger partial charge >= 0.3 is 0 Å². The van der Waals surface area contributed by atoms with Crippen molar-refractivity contribution in [2.75, 3.05) is 31.1 Å². The number of halogens is 1. The zero-order valence-electron chi connectivity index (χ0n) is 14.1. The molecule has 2 aromatic carbocycles. The highest BCUT2D eigenvalue weighted by atomic mass is 35.5. The summed E-state index contributed by atoms with van der Waals surface area (Å²) in [6.45, 7) is 5.38. The molecule has 0 amide bonds. The number of piperazine rings is 1. The van der Waals surface area contributed by atoms with Crippen LogP contribution >= 0.6 is 11.6 Å². The number of hydrogen-bond acceptors (Lipinski definition) is 2. The smallest absolute Gasteiger partial charge is 0.158 e. The monoisotopic (exact) mass is 353 g/mol. The van der Waals surface area contributed by atoms with Crippen LogP contribution in [0.15, 0.2) is 71.1 Å². The fourth-order valence-electron chi connectivity index (χ4n) is 3.39. The lowest BCUT2D eigenvalue weighted by Crippen LogP contribution is -3.13. The van der Waals surface area contributed by atoms with Crippen LogP contribution in [0.5, 0.6) is 0 Å². The number of para-hydroxylation sites is 1. The minimum absolute atomic E-state index is 0.747. The number of benzene rings is 2. The van der Waals surface area contributed by atoms with Crippen molar-refractivity contribution >= 4 is 17.3 Å². The zero-order valence-corrected chi connectivity index (χ0v) is 14.9. The molecule has 1 N–H and O–H groups in total. The Labute approximate surface area is 153 Å². The van der Waals surface area contributed by atoms with E-state index in [0.29, 0.717) is 0 Å². The van der Waals surface area contributed by atoms with Crippen molar-refractivity contribution in [2.24, 2.45) is 0 Å². The Kier molecular flexibility index (Phi) is 4.77. The van der Waals surface area contributed by atoms with Crippen LogP contribution in [-0.2, 0) is 6.54 Å². The van der Waals surface area contributed by atoms with Gasteiger partial charge in [-0.15, -0.1) is 0 Å². The molecule has 0 atom stereocenters. The van der Waals surface area contributed by atoms with Crippen LogP contribution in [0.1, 0.15) is 5.76 Å². The maximum absolute atomic E-state index is 6.05. The van der Waals surface area contributed by atoms with Crippen molar-refractivity contribution in [2.45, 2.75) is 6.54 Å². The van der Waals surface area contributed by atoms with E-state index < -0.39 is 0 Å². The van der Waals surface area contributed by atoms with Crippen LogP contribution in [0.25, 0.3) is 11.3 Å². The van der Waals surface area contributed by atoms with Gasteiger partial charge in [-0.05, 0) is 48.5 Å². The number of anilines is 1. The third-order valence-corrected chi connectivity index (χ3v) is 5.06. The second kappa shape index (κ2) is 7.34. The summed E-state index contributed by atoms with van der Waals surface area (Å²) in [6, 6.07) is 22.6. The minimum atomic E-state index is 0.747. The van der Waals surface area contributed by atoms with Crippen molar-refractivity contribution < 1.29 is 9.32 Å². The van der Waals surface area contributed by atoms with E-state index in [1.54, 1.807) is 4.90 Å². The average molecular weight is 354 g/mol. The Morgan fingerprint density at radius 1 is 0.880 bits per heavy atom. The molecule has 1 aliphatic heterocycles. The third kappa shape index (κ3) is 3.89. The summed E-state index contributed by atoms with van der Waals surface area (Å²) in [5, 5.41) is 0.747. The standard InChI is InChI=1S/C21H21ClN2O/c22-18-8-6-17(7-9-18)21-11-10-20(25-21)16-23-12-14-24(15-13-23)19-4-2-1-3-5-19/h1-11H,12-16H2/p+1. The van der Waals surface area contributed by atoms with Gasteiger partial charge in [-0.2, -0.15) is 0 Å². The Morgan fingerprint density at radius 3 is 2.32 bits per heavy atom. The van der Waals surface area contributed by atoms with E-state index in [-0.39, 0.29) is 0 Å². The van der Waals surface area contributed by atoms with Crippen LogP contribution < -0.4 is 9.80 Å². The molecule has 3 aromatic rings. The molecule has 1 saturated heterocycles. The topological polar surface area (TPSA) is 20.8 Å². The van der Waals surface area contributed by atoms with Gasteiger partial charge in [0, 0.05) is 16.3 Å². The van der Waals surface area contributed by atoms with E-state index in [2.05, 4.69) is 47.4 Å². The van der Waals surface area contributed by atoms with Crippen molar-refractivity contribution in [3.63, 3.8) is 0 Å². The number of nitrogens with one attached hydrogen (secondary N) is 1. The number of furan rings is 1. The van der Waals surface area contributed by atoms with Gasteiger partial charge in [0.25, 0.3) is 0 Å². The van der Waals surface area contributed by atoms with Crippen molar-refractivity contribution in [1.29, 1.82) is 0 Å². The summed E-state index contributed by atoms with van der Waals surface area (Å²) < 4.78 is 6.05. The molecule has 4 rings (SSSR count). The molecule has 2 heterocycles. The number of nitrogens with zero attached hydrogens (tertiary/aromatic N) is 1. The van der Waals surface area contributed by atoms with Crippen molar-refractivity contribution in [3.8, 4) is 11.3 Å². The molecule has 4 heteroatoms. The molecule has 0 aliphatic carbocycles. The van der Waals surface area contributed by atoms with Crippen molar-refractivity contribution in [3.05, 3.63) is 77.5 Å². The van der Waals surface area contributed by atoms with Gasteiger partial charge in [0.15, 0.2) is 5.76 Å². The zero-order chi connectivity index (χ0) is 17.1. The highest BCUT2D eigenvalue weighted by Gasteiger charge is 2.21. The summed E-state index contributed by atoms with van der Waals surface area (Å²) >= 11 is 5.95. The Balaban J connectivity index is 1.35. The van der Waals surface area contributed by atoms with E-state index >= 15 is 0 Å². The van der Waals surface area contributed by atoms with Gasteiger partial charge in [0.1, 0.15) is 12.3 Å². The van der Waals surface area contributed by atoms with Crippen molar-refractivity contribution in [1.82, 2.24) is 0 Å². The van der Waals surface area contributed by atoms with E-state index in [0.717, 1.165) is 54.8 Å². The Bertz CT molecular complexity index is 805. The first-order chi connectivity index (χ1) is 12.3. The summed E-state index contributed by atoms with van der Waals surface area (Å²) in [4.78, 5) is 4.04. The van der Waals surface area contributed by atoms with Gasteiger partial charge in [-0.25, -0.2) is 0 Å². The first kappa shape index (κ1) is 16.2. The molecule has 1 aromatic heterocycles. The summed E-state index contributed by atoms with van der Waals surface area (Å²) in [6.07, 6.45) is 0. The van der Waals surface area contributed by atoms with Crippen LogP contribution in [0.4, 0.5) is 5.69 Å². The summed E-state index contributed by atoms with van der Waals surface area (Å²) in [7, 11) is 0. The van der Waals surface area contributed by atoms with E-state index in [1.807, 2.05) is 24.3 Å². The van der Waals surface area contributed by atoms with Gasteiger partial charge in [0.05, 0.1) is 26.2 Å². The highest BCUT2D eigenvalue weighted by molar-refractivity contribution is 6.30. The predicted molar refractivity (Wildman–Crippen MR) is 102 cm³/mol. The molecule has 0 unspecified atom stereocenters. The van der Waals surface area contributed by atoms with Crippen LogP contribution in [-0.4, -0.2) is 26.2 Å². The molecule has 0 bridgehead atoms. The Morgan fingerprint density at radius 2 is 1.60 bits per heavy atom. The molecule has 25 heavy (non-hydrogen) atoms. The maximum Gasteiger partial charge on any atom is 0.158 e. The molecule has 0 saturated carbocycles. The van der Waals surface area contributed by atoms with E-state index in [1.165, 1.54) is 5.69 Å². The second-order valence-electron chi connectivity index (χ2n) is 6.52. The van der Waals surface area contributed by atoms with E-state index in [9.17, 15) is 0 Å². The number of rotatable bonds is 4. The van der Waals surface area contributed by atoms with Gasteiger partial charge in [0.2, 0.25) is 0 Å². The summed E-state index contributed by atoms with van der Waals surface area (Å²) in [5.74, 6) is 1.96. The molecule has 1 fully saturated rings. The normalized spacial score (nSPS) is 15.5. The van der Waals surface area contributed by atoms with Gasteiger partial charge < -0.3 is 14.2 Å². The molecule has 128 valence electrons. The quantitative estimate of drug-likeness (QED) is 0.775.